The zero-order valence-electron chi connectivity index (χ0n) is 17.9. The van der Waals surface area contributed by atoms with Gasteiger partial charge in [-0.1, -0.05) is 36.4 Å². The SMILES string of the molecule is O=C(Nc1cccc(OCC(=O)N2CCN(CCc3ccccc3)CC2)c1)c1ccco1. The van der Waals surface area contributed by atoms with Gasteiger partial charge in [0.05, 0.1) is 6.26 Å². The van der Waals surface area contributed by atoms with Crippen LogP contribution in [0, 0.1) is 0 Å². The summed E-state index contributed by atoms with van der Waals surface area (Å²) in [6.45, 7) is 4.12. The third-order valence-corrected chi connectivity index (χ3v) is 5.48. The Labute approximate surface area is 187 Å². The van der Waals surface area contributed by atoms with Gasteiger partial charge in [0.15, 0.2) is 12.4 Å². The summed E-state index contributed by atoms with van der Waals surface area (Å²) in [5.74, 6) is 0.387. The molecule has 0 bridgehead atoms. The van der Waals surface area contributed by atoms with E-state index >= 15 is 0 Å². The zero-order valence-corrected chi connectivity index (χ0v) is 17.9. The molecular formula is C25H27N3O4. The number of benzene rings is 2. The van der Waals surface area contributed by atoms with Crippen LogP contribution in [0.15, 0.2) is 77.4 Å². The smallest absolute Gasteiger partial charge is 0.291 e. The Hall–Kier alpha value is -3.58. The zero-order chi connectivity index (χ0) is 22.2. The maximum Gasteiger partial charge on any atom is 0.291 e. The monoisotopic (exact) mass is 433 g/mol. The minimum atomic E-state index is -0.339. The highest BCUT2D eigenvalue weighted by atomic mass is 16.5. The van der Waals surface area contributed by atoms with Crippen LogP contribution in [0.4, 0.5) is 5.69 Å². The van der Waals surface area contributed by atoms with Gasteiger partial charge >= 0.3 is 0 Å². The summed E-state index contributed by atoms with van der Waals surface area (Å²) in [4.78, 5) is 28.9. The summed E-state index contributed by atoms with van der Waals surface area (Å²) in [5, 5.41) is 2.75. The molecule has 0 unspecified atom stereocenters. The van der Waals surface area contributed by atoms with Gasteiger partial charge in [0.25, 0.3) is 11.8 Å². The van der Waals surface area contributed by atoms with Crippen molar-refractivity contribution in [1.82, 2.24) is 9.80 Å². The van der Waals surface area contributed by atoms with Crippen LogP contribution in [-0.4, -0.2) is 60.9 Å². The van der Waals surface area contributed by atoms with E-state index in [9.17, 15) is 9.59 Å². The predicted octanol–water partition coefficient (Wildman–Crippen LogP) is 3.30. The molecule has 166 valence electrons. The molecule has 2 amide bonds. The van der Waals surface area contributed by atoms with Gasteiger partial charge in [-0.3, -0.25) is 14.5 Å². The van der Waals surface area contributed by atoms with Crippen molar-refractivity contribution in [3.8, 4) is 5.75 Å². The summed E-state index contributed by atoms with van der Waals surface area (Å²) in [6, 6.07) is 20.7. The van der Waals surface area contributed by atoms with Crippen molar-refractivity contribution >= 4 is 17.5 Å². The highest BCUT2D eigenvalue weighted by Crippen LogP contribution is 2.18. The van der Waals surface area contributed by atoms with Gasteiger partial charge in [-0.25, -0.2) is 0 Å². The first-order valence-electron chi connectivity index (χ1n) is 10.8. The molecule has 0 aliphatic carbocycles. The lowest BCUT2D eigenvalue weighted by atomic mass is 10.1. The highest BCUT2D eigenvalue weighted by Gasteiger charge is 2.21. The topological polar surface area (TPSA) is 75.0 Å². The number of piperazine rings is 1. The number of carbonyl (C=O) groups excluding carboxylic acids is 2. The molecule has 2 heterocycles. The minimum absolute atomic E-state index is 0.0282. The number of hydrogen-bond donors (Lipinski definition) is 1. The average Bonchev–Trinajstić information content (AvgIpc) is 3.38. The first kappa shape index (κ1) is 21.6. The summed E-state index contributed by atoms with van der Waals surface area (Å²) in [7, 11) is 0. The fourth-order valence-corrected chi connectivity index (χ4v) is 3.65. The van der Waals surface area contributed by atoms with E-state index in [0.29, 0.717) is 24.5 Å². The number of carbonyl (C=O) groups is 2. The van der Waals surface area contributed by atoms with E-state index in [1.165, 1.54) is 11.8 Å². The number of nitrogens with zero attached hydrogens (tertiary/aromatic N) is 2. The Balaban J connectivity index is 1.20. The van der Waals surface area contributed by atoms with Crippen LogP contribution in [0.25, 0.3) is 0 Å². The predicted molar refractivity (Wildman–Crippen MR) is 122 cm³/mol. The molecule has 2 aromatic carbocycles. The lowest BCUT2D eigenvalue weighted by molar-refractivity contribution is -0.135. The van der Waals surface area contributed by atoms with Crippen molar-refractivity contribution in [2.24, 2.45) is 0 Å². The van der Waals surface area contributed by atoms with Gasteiger partial charge in [-0.15, -0.1) is 0 Å². The third-order valence-electron chi connectivity index (χ3n) is 5.48. The second kappa shape index (κ2) is 10.6. The molecule has 1 N–H and O–H groups in total. The van der Waals surface area contributed by atoms with Crippen molar-refractivity contribution in [2.75, 3.05) is 44.6 Å². The van der Waals surface area contributed by atoms with Crippen molar-refractivity contribution in [3.05, 3.63) is 84.3 Å². The largest absolute Gasteiger partial charge is 0.484 e. The average molecular weight is 434 g/mol. The second-order valence-electron chi connectivity index (χ2n) is 7.71. The van der Waals surface area contributed by atoms with Crippen LogP contribution in [0.1, 0.15) is 16.1 Å². The van der Waals surface area contributed by atoms with Gasteiger partial charge in [0.2, 0.25) is 0 Å². The second-order valence-corrected chi connectivity index (χ2v) is 7.71. The van der Waals surface area contributed by atoms with E-state index in [-0.39, 0.29) is 24.2 Å². The van der Waals surface area contributed by atoms with Crippen molar-refractivity contribution in [1.29, 1.82) is 0 Å². The normalized spacial score (nSPS) is 14.2. The molecule has 7 heteroatoms. The Kier molecular flexibility index (Phi) is 7.19. The van der Waals surface area contributed by atoms with E-state index in [4.69, 9.17) is 9.15 Å². The standard InChI is InChI=1S/C25H27N3O4/c29-24(28-15-13-27(14-16-28)12-11-20-6-2-1-3-7-20)19-32-22-9-4-8-21(18-22)26-25(30)23-10-5-17-31-23/h1-10,17-18H,11-16,19H2,(H,26,30). The molecule has 1 fully saturated rings. The van der Waals surface area contributed by atoms with E-state index in [0.717, 1.165) is 26.1 Å². The van der Waals surface area contributed by atoms with Gasteiger partial charge in [0, 0.05) is 44.5 Å². The fourth-order valence-electron chi connectivity index (χ4n) is 3.65. The molecule has 0 atom stereocenters. The van der Waals surface area contributed by atoms with Gasteiger partial charge in [-0.2, -0.15) is 0 Å². The molecule has 3 aromatic rings. The van der Waals surface area contributed by atoms with Crippen LogP contribution in [-0.2, 0) is 11.2 Å². The molecule has 1 aliphatic heterocycles. The third kappa shape index (κ3) is 5.98. The Morgan fingerprint density at radius 2 is 1.75 bits per heavy atom. The molecular weight excluding hydrogens is 406 g/mol. The minimum Gasteiger partial charge on any atom is -0.484 e. The van der Waals surface area contributed by atoms with Crippen LogP contribution in [0.3, 0.4) is 0 Å². The number of ether oxygens (including phenoxy) is 1. The van der Waals surface area contributed by atoms with E-state index < -0.39 is 0 Å². The molecule has 4 rings (SSSR count). The van der Waals surface area contributed by atoms with Gasteiger partial charge in [0.1, 0.15) is 5.75 Å². The number of rotatable bonds is 8. The molecule has 1 aliphatic rings. The number of anilines is 1. The number of amides is 2. The first-order valence-corrected chi connectivity index (χ1v) is 10.8. The van der Waals surface area contributed by atoms with Crippen molar-refractivity contribution < 1.29 is 18.7 Å². The Morgan fingerprint density at radius 1 is 0.938 bits per heavy atom. The lowest BCUT2D eigenvalue weighted by Gasteiger charge is -2.34. The number of hydrogen-bond acceptors (Lipinski definition) is 5. The van der Waals surface area contributed by atoms with Gasteiger partial charge in [-0.05, 0) is 36.2 Å². The van der Waals surface area contributed by atoms with E-state index in [2.05, 4.69) is 34.5 Å². The molecule has 7 nitrogen and oxygen atoms in total. The van der Waals surface area contributed by atoms with Crippen LogP contribution in [0.2, 0.25) is 0 Å². The molecule has 1 saturated heterocycles. The summed E-state index contributed by atoms with van der Waals surface area (Å²) < 4.78 is 10.8. The number of furan rings is 1. The molecule has 0 saturated carbocycles. The Morgan fingerprint density at radius 3 is 2.50 bits per heavy atom. The maximum absolute atomic E-state index is 12.6. The molecule has 32 heavy (non-hydrogen) atoms. The fraction of sp³-hybridized carbons (Fsp3) is 0.280. The van der Waals surface area contributed by atoms with Crippen LogP contribution < -0.4 is 10.1 Å². The molecule has 0 spiro atoms. The lowest BCUT2D eigenvalue weighted by Crippen LogP contribution is -2.50. The summed E-state index contributed by atoms with van der Waals surface area (Å²) in [5.41, 5.74) is 1.91. The quantitative estimate of drug-likeness (QED) is 0.590. The first-order chi connectivity index (χ1) is 15.7. The Bertz CT molecular complexity index is 1010. The highest BCUT2D eigenvalue weighted by molar-refractivity contribution is 6.02. The van der Waals surface area contributed by atoms with E-state index in [1.54, 1.807) is 36.4 Å². The summed E-state index contributed by atoms with van der Waals surface area (Å²) >= 11 is 0. The van der Waals surface area contributed by atoms with E-state index in [1.807, 2.05) is 11.0 Å². The van der Waals surface area contributed by atoms with Crippen LogP contribution >= 0.6 is 0 Å². The van der Waals surface area contributed by atoms with Crippen molar-refractivity contribution in [3.63, 3.8) is 0 Å². The van der Waals surface area contributed by atoms with Gasteiger partial charge < -0.3 is 19.4 Å². The van der Waals surface area contributed by atoms with Crippen LogP contribution in [0.5, 0.6) is 5.75 Å². The molecule has 0 radical (unpaired) electrons. The molecule has 1 aromatic heterocycles. The maximum atomic E-state index is 12.6. The van der Waals surface area contributed by atoms with Crippen molar-refractivity contribution in [2.45, 2.75) is 6.42 Å². The summed E-state index contributed by atoms with van der Waals surface area (Å²) in [6.07, 6.45) is 2.47. The number of nitrogens with one attached hydrogen (secondary N) is 1.